The number of amides is 1. The lowest BCUT2D eigenvalue weighted by atomic mass is 9.87. The minimum absolute atomic E-state index is 0.0979. The van der Waals surface area contributed by atoms with Crippen molar-refractivity contribution in [1.29, 1.82) is 0 Å². The van der Waals surface area contributed by atoms with Crippen LogP contribution in [0.1, 0.15) is 39.2 Å². The van der Waals surface area contributed by atoms with Crippen molar-refractivity contribution < 1.29 is 14.3 Å². The van der Waals surface area contributed by atoms with Gasteiger partial charge in [-0.25, -0.2) is 0 Å². The second-order valence-electron chi connectivity index (χ2n) is 6.80. The van der Waals surface area contributed by atoms with Gasteiger partial charge in [-0.2, -0.15) is 0 Å². The normalized spacial score (nSPS) is 24.2. The Morgan fingerprint density at radius 2 is 2.09 bits per heavy atom. The number of benzene rings is 1. The van der Waals surface area contributed by atoms with E-state index in [2.05, 4.69) is 19.2 Å². The average Bonchev–Trinajstić information content (AvgIpc) is 2.59. The highest BCUT2D eigenvalue weighted by Gasteiger charge is 2.36. The van der Waals surface area contributed by atoms with E-state index in [1.54, 1.807) is 7.11 Å². The highest BCUT2D eigenvalue weighted by Crippen LogP contribution is 2.27. The van der Waals surface area contributed by atoms with Crippen LogP contribution in [0.4, 0.5) is 0 Å². The van der Waals surface area contributed by atoms with Crippen LogP contribution in [0, 0.1) is 11.8 Å². The summed E-state index contributed by atoms with van der Waals surface area (Å²) >= 11 is 0. The molecule has 23 heavy (non-hydrogen) atoms. The fourth-order valence-corrected chi connectivity index (χ4v) is 3.31. The number of rotatable bonds is 6. The highest BCUT2D eigenvalue weighted by molar-refractivity contribution is 5.86. The summed E-state index contributed by atoms with van der Waals surface area (Å²) in [5.74, 6) is 0.726. The molecular formula is C19H29NO3. The number of nitrogens with one attached hydrogen (secondary N) is 1. The largest absolute Gasteiger partial charge is 0.378 e. The van der Waals surface area contributed by atoms with Gasteiger partial charge in [0, 0.05) is 26.2 Å². The highest BCUT2D eigenvalue weighted by atomic mass is 16.5. The molecule has 1 amide bonds. The van der Waals surface area contributed by atoms with E-state index >= 15 is 0 Å². The van der Waals surface area contributed by atoms with Gasteiger partial charge in [0.2, 0.25) is 0 Å². The van der Waals surface area contributed by atoms with Gasteiger partial charge in [-0.15, -0.1) is 0 Å². The van der Waals surface area contributed by atoms with E-state index in [-0.39, 0.29) is 12.0 Å². The molecule has 1 saturated heterocycles. The van der Waals surface area contributed by atoms with Crippen molar-refractivity contribution in [2.24, 2.45) is 11.8 Å². The van der Waals surface area contributed by atoms with Gasteiger partial charge in [0.05, 0.1) is 6.10 Å². The predicted molar refractivity (Wildman–Crippen MR) is 91.1 cm³/mol. The van der Waals surface area contributed by atoms with Gasteiger partial charge >= 0.3 is 0 Å². The van der Waals surface area contributed by atoms with Gasteiger partial charge in [-0.05, 0) is 31.2 Å². The molecule has 0 aromatic heterocycles. The van der Waals surface area contributed by atoms with Gasteiger partial charge in [0.25, 0.3) is 5.91 Å². The van der Waals surface area contributed by atoms with Crippen molar-refractivity contribution in [2.45, 2.75) is 45.3 Å². The minimum atomic E-state index is -0.968. The third-order valence-corrected chi connectivity index (χ3v) is 4.84. The summed E-state index contributed by atoms with van der Waals surface area (Å²) in [7, 11) is 1.58. The Labute approximate surface area is 139 Å². The molecule has 0 spiro atoms. The lowest BCUT2D eigenvalue weighted by Crippen LogP contribution is -2.48. The Bertz CT molecular complexity index is 503. The molecule has 1 fully saturated rings. The van der Waals surface area contributed by atoms with Crippen LogP contribution in [-0.4, -0.2) is 32.3 Å². The van der Waals surface area contributed by atoms with E-state index in [1.807, 2.05) is 37.3 Å². The zero-order chi connectivity index (χ0) is 16.9. The van der Waals surface area contributed by atoms with Crippen molar-refractivity contribution in [3.63, 3.8) is 0 Å². The fraction of sp³-hybridized carbons (Fsp3) is 0.632. The van der Waals surface area contributed by atoms with Gasteiger partial charge in [-0.1, -0.05) is 44.2 Å². The van der Waals surface area contributed by atoms with E-state index < -0.39 is 5.60 Å². The first-order valence-corrected chi connectivity index (χ1v) is 8.49. The third kappa shape index (κ3) is 4.12. The van der Waals surface area contributed by atoms with Gasteiger partial charge in [-0.3, -0.25) is 4.79 Å². The predicted octanol–water partition coefficient (Wildman–Crippen LogP) is 3.12. The maximum atomic E-state index is 12.7. The number of hydrogen-bond donors (Lipinski definition) is 1. The smallest absolute Gasteiger partial charge is 0.256 e. The summed E-state index contributed by atoms with van der Waals surface area (Å²) in [5.41, 5.74) is -0.107. The van der Waals surface area contributed by atoms with E-state index in [9.17, 15) is 4.79 Å². The Hall–Kier alpha value is -1.39. The number of hydrogen-bond acceptors (Lipinski definition) is 3. The molecule has 2 rings (SSSR count). The van der Waals surface area contributed by atoms with Crippen LogP contribution in [0.25, 0.3) is 0 Å². The van der Waals surface area contributed by atoms with Crippen molar-refractivity contribution in [1.82, 2.24) is 5.32 Å². The summed E-state index contributed by atoms with van der Waals surface area (Å²) in [4.78, 5) is 12.7. The first-order valence-electron chi connectivity index (χ1n) is 8.49. The minimum Gasteiger partial charge on any atom is -0.378 e. The molecule has 4 heteroatoms. The van der Waals surface area contributed by atoms with E-state index in [4.69, 9.17) is 9.47 Å². The number of carbonyl (C=O) groups excluding carboxylic acids is 1. The zero-order valence-electron chi connectivity index (χ0n) is 14.7. The second-order valence-corrected chi connectivity index (χ2v) is 6.80. The molecular weight excluding hydrogens is 290 g/mol. The lowest BCUT2D eigenvalue weighted by Gasteiger charge is -2.35. The molecule has 1 aliphatic rings. The molecule has 3 unspecified atom stereocenters. The summed E-state index contributed by atoms with van der Waals surface area (Å²) < 4.78 is 11.5. The molecule has 3 atom stereocenters. The standard InChI is InChI=1S/C19H29NO3/c1-14(2)17-15(9-8-12-23-17)13-20-18(21)19(3,22-4)16-10-6-5-7-11-16/h5-7,10-11,14-15,17H,8-9,12-13H2,1-4H3,(H,20,21). The van der Waals surface area contributed by atoms with Crippen LogP contribution in [-0.2, 0) is 19.9 Å². The zero-order valence-corrected chi connectivity index (χ0v) is 14.7. The Morgan fingerprint density at radius 1 is 1.39 bits per heavy atom. The van der Waals surface area contributed by atoms with Crippen molar-refractivity contribution in [2.75, 3.05) is 20.3 Å². The summed E-state index contributed by atoms with van der Waals surface area (Å²) in [6.07, 6.45) is 2.37. The molecule has 0 aliphatic carbocycles. The number of methoxy groups -OCH3 is 1. The van der Waals surface area contributed by atoms with E-state index in [1.165, 1.54) is 0 Å². The first kappa shape index (κ1) is 18.0. The summed E-state index contributed by atoms with van der Waals surface area (Å²) in [5, 5.41) is 3.08. The molecule has 0 bridgehead atoms. The maximum Gasteiger partial charge on any atom is 0.256 e. The number of carbonyl (C=O) groups is 1. The molecule has 0 saturated carbocycles. The molecule has 1 aliphatic heterocycles. The van der Waals surface area contributed by atoms with Crippen molar-refractivity contribution >= 4 is 5.91 Å². The Kier molecular flexibility index (Phi) is 6.19. The quantitative estimate of drug-likeness (QED) is 0.876. The monoisotopic (exact) mass is 319 g/mol. The van der Waals surface area contributed by atoms with Gasteiger partial charge < -0.3 is 14.8 Å². The maximum absolute atomic E-state index is 12.7. The topological polar surface area (TPSA) is 47.6 Å². The molecule has 1 heterocycles. The van der Waals surface area contributed by atoms with Crippen LogP contribution in [0.5, 0.6) is 0 Å². The molecule has 128 valence electrons. The Balaban J connectivity index is 2.02. The summed E-state index contributed by atoms with van der Waals surface area (Å²) in [6.45, 7) is 7.62. The first-order chi connectivity index (χ1) is 11.0. The lowest BCUT2D eigenvalue weighted by molar-refractivity contribution is -0.143. The van der Waals surface area contributed by atoms with Crippen LogP contribution in [0.3, 0.4) is 0 Å². The van der Waals surface area contributed by atoms with Crippen LogP contribution >= 0.6 is 0 Å². The van der Waals surface area contributed by atoms with Crippen LogP contribution in [0.15, 0.2) is 30.3 Å². The molecule has 1 aromatic carbocycles. The molecule has 1 aromatic rings. The van der Waals surface area contributed by atoms with E-state index in [0.717, 1.165) is 25.0 Å². The van der Waals surface area contributed by atoms with Crippen LogP contribution in [0.2, 0.25) is 0 Å². The molecule has 0 radical (unpaired) electrons. The third-order valence-electron chi connectivity index (χ3n) is 4.84. The van der Waals surface area contributed by atoms with Gasteiger partial charge in [0.15, 0.2) is 5.60 Å². The average molecular weight is 319 g/mol. The molecule has 4 nitrogen and oxygen atoms in total. The SMILES string of the molecule is COC(C)(C(=O)NCC1CCCOC1C(C)C)c1ccccc1. The second kappa shape index (κ2) is 7.93. The van der Waals surface area contributed by atoms with E-state index in [0.29, 0.717) is 18.4 Å². The molecule has 1 N–H and O–H groups in total. The summed E-state index contributed by atoms with van der Waals surface area (Å²) in [6, 6.07) is 9.62. The Morgan fingerprint density at radius 3 is 2.70 bits per heavy atom. The van der Waals surface area contributed by atoms with Crippen LogP contribution < -0.4 is 5.32 Å². The number of ether oxygens (including phenoxy) is 2. The van der Waals surface area contributed by atoms with Gasteiger partial charge in [0.1, 0.15) is 0 Å². The fourth-order valence-electron chi connectivity index (χ4n) is 3.31. The van der Waals surface area contributed by atoms with Crippen molar-refractivity contribution in [3.05, 3.63) is 35.9 Å². The van der Waals surface area contributed by atoms with Crippen molar-refractivity contribution in [3.8, 4) is 0 Å².